The largest absolute Gasteiger partial charge is 0.325 e. The number of rotatable bonds is 5. The highest BCUT2D eigenvalue weighted by atomic mass is 35.5. The van der Waals surface area contributed by atoms with E-state index >= 15 is 0 Å². The third-order valence-electron chi connectivity index (χ3n) is 3.30. The Morgan fingerprint density at radius 3 is 2.55 bits per heavy atom. The Bertz CT molecular complexity index is 688. The van der Waals surface area contributed by atoms with Crippen molar-refractivity contribution in [2.24, 2.45) is 0 Å². The number of nitrogens with one attached hydrogen (secondary N) is 1. The van der Waals surface area contributed by atoms with E-state index in [-0.39, 0.29) is 5.91 Å². The number of benzene rings is 2. The Morgan fingerprint density at radius 2 is 1.86 bits per heavy atom. The first-order valence-corrected chi connectivity index (χ1v) is 8.75. The monoisotopic (exact) mass is 353 g/mol. The SMILES string of the molecule is Cc1ccc(NC(=O)CSCc2ccc(Cl)cc2Cl)cc1C. The van der Waals surface area contributed by atoms with Crippen LogP contribution in [-0.4, -0.2) is 11.7 Å². The molecule has 2 aromatic rings. The number of thioether (sulfide) groups is 1. The van der Waals surface area contributed by atoms with Crippen molar-refractivity contribution < 1.29 is 4.79 Å². The van der Waals surface area contributed by atoms with E-state index in [0.717, 1.165) is 11.3 Å². The van der Waals surface area contributed by atoms with Crippen LogP contribution in [0.15, 0.2) is 36.4 Å². The zero-order valence-corrected chi connectivity index (χ0v) is 14.8. The number of carbonyl (C=O) groups is 1. The molecule has 0 aromatic heterocycles. The van der Waals surface area contributed by atoms with Gasteiger partial charge in [0.05, 0.1) is 5.75 Å². The maximum Gasteiger partial charge on any atom is 0.234 e. The van der Waals surface area contributed by atoms with Crippen molar-refractivity contribution in [2.45, 2.75) is 19.6 Å². The highest BCUT2D eigenvalue weighted by Crippen LogP contribution is 2.24. The molecule has 2 rings (SSSR count). The lowest BCUT2D eigenvalue weighted by molar-refractivity contribution is -0.113. The molecule has 0 spiro atoms. The van der Waals surface area contributed by atoms with Gasteiger partial charge < -0.3 is 5.32 Å². The minimum absolute atomic E-state index is 0.0154. The van der Waals surface area contributed by atoms with Gasteiger partial charge in [-0.15, -0.1) is 11.8 Å². The van der Waals surface area contributed by atoms with Crippen LogP contribution in [0.25, 0.3) is 0 Å². The van der Waals surface area contributed by atoms with Crippen molar-refractivity contribution in [3.8, 4) is 0 Å². The number of anilines is 1. The molecule has 0 atom stereocenters. The molecular weight excluding hydrogens is 337 g/mol. The summed E-state index contributed by atoms with van der Waals surface area (Å²) >= 11 is 13.5. The molecule has 0 radical (unpaired) electrons. The van der Waals surface area contributed by atoms with E-state index in [4.69, 9.17) is 23.2 Å². The number of halogens is 2. The summed E-state index contributed by atoms with van der Waals surface area (Å²) in [5, 5.41) is 4.16. The summed E-state index contributed by atoms with van der Waals surface area (Å²) in [7, 11) is 0. The van der Waals surface area contributed by atoms with E-state index in [1.165, 1.54) is 22.9 Å². The second-order valence-electron chi connectivity index (χ2n) is 5.08. The van der Waals surface area contributed by atoms with Crippen molar-refractivity contribution in [1.82, 2.24) is 0 Å². The summed E-state index contributed by atoms with van der Waals surface area (Å²) < 4.78 is 0. The third-order valence-corrected chi connectivity index (χ3v) is 4.86. The molecule has 0 unspecified atom stereocenters. The number of hydrogen-bond acceptors (Lipinski definition) is 2. The van der Waals surface area contributed by atoms with Crippen molar-refractivity contribution in [3.63, 3.8) is 0 Å². The topological polar surface area (TPSA) is 29.1 Å². The van der Waals surface area contributed by atoms with E-state index < -0.39 is 0 Å². The minimum Gasteiger partial charge on any atom is -0.325 e. The summed E-state index contributed by atoms with van der Waals surface area (Å²) in [5.74, 6) is 1.04. The van der Waals surface area contributed by atoms with Crippen LogP contribution in [0.3, 0.4) is 0 Å². The average molecular weight is 354 g/mol. The summed E-state index contributed by atoms with van der Waals surface area (Å²) in [6.45, 7) is 4.08. The fourth-order valence-electron chi connectivity index (χ4n) is 1.91. The zero-order valence-electron chi connectivity index (χ0n) is 12.5. The molecule has 5 heteroatoms. The van der Waals surface area contributed by atoms with Gasteiger partial charge >= 0.3 is 0 Å². The highest BCUT2D eigenvalue weighted by Gasteiger charge is 2.06. The van der Waals surface area contributed by atoms with E-state index in [2.05, 4.69) is 5.32 Å². The highest BCUT2D eigenvalue weighted by molar-refractivity contribution is 7.99. The smallest absolute Gasteiger partial charge is 0.234 e. The van der Waals surface area contributed by atoms with Gasteiger partial charge in [-0.2, -0.15) is 0 Å². The molecule has 1 N–H and O–H groups in total. The van der Waals surface area contributed by atoms with Gasteiger partial charge in [-0.3, -0.25) is 4.79 Å². The van der Waals surface area contributed by atoms with E-state index in [9.17, 15) is 4.79 Å². The third kappa shape index (κ3) is 4.94. The van der Waals surface area contributed by atoms with Gasteiger partial charge in [0.2, 0.25) is 5.91 Å². The molecule has 116 valence electrons. The quantitative estimate of drug-likeness (QED) is 0.770. The Kier molecular flexibility index (Phi) is 6.18. The Morgan fingerprint density at radius 1 is 1.09 bits per heavy atom. The van der Waals surface area contributed by atoms with Crippen molar-refractivity contribution in [1.29, 1.82) is 0 Å². The van der Waals surface area contributed by atoms with Crippen LogP contribution in [0.1, 0.15) is 16.7 Å². The first-order chi connectivity index (χ1) is 10.5. The van der Waals surface area contributed by atoms with Gasteiger partial charge in [0.15, 0.2) is 0 Å². The fourth-order valence-corrected chi connectivity index (χ4v) is 3.29. The first-order valence-electron chi connectivity index (χ1n) is 6.84. The molecule has 0 aliphatic heterocycles. The predicted molar refractivity (Wildman–Crippen MR) is 97.2 cm³/mol. The van der Waals surface area contributed by atoms with Crippen LogP contribution in [-0.2, 0) is 10.5 Å². The van der Waals surface area contributed by atoms with Gasteiger partial charge in [0, 0.05) is 21.5 Å². The molecule has 0 saturated carbocycles. The zero-order chi connectivity index (χ0) is 16.1. The lowest BCUT2D eigenvalue weighted by atomic mass is 10.1. The number of hydrogen-bond donors (Lipinski definition) is 1. The van der Waals surface area contributed by atoms with Crippen LogP contribution >= 0.6 is 35.0 Å². The molecule has 22 heavy (non-hydrogen) atoms. The molecule has 2 aromatic carbocycles. The summed E-state index contributed by atoms with van der Waals surface area (Å²) in [6, 6.07) is 11.3. The summed E-state index contributed by atoms with van der Waals surface area (Å²) in [5.41, 5.74) is 4.19. The van der Waals surface area contributed by atoms with Gasteiger partial charge in [-0.05, 0) is 54.8 Å². The average Bonchev–Trinajstić information content (AvgIpc) is 2.45. The van der Waals surface area contributed by atoms with Crippen molar-refractivity contribution in [3.05, 3.63) is 63.1 Å². The molecule has 0 fully saturated rings. The van der Waals surface area contributed by atoms with Crippen LogP contribution in [0.2, 0.25) is 10.0 Å². The molecular formula is C17H17Cl2NOS. The van der Waals surface area contributed by atoms with Crippen LogP contribution < -0.4 is 5.32 Å². The molecule has 0 heterocycles. The lowest BCUT2D eigenvalue weighted by Crippen LogP contribution is -2.14. The molecule has 0 bridgehead atoms. The Hall–Kier alpha value is -1.16. The lowest BCUT2D eigenvalue weighted by Gasteiger charge is -2.08. The second kappa shape index (κ2) is 7.91. The normalized spacial score (nSPS) is 10.5. The molecule has 1 amide bonds. The maximum atomic E-state index is 12.0. The van der Waals surface area contributed by atoms with Gasteiger partial charge in [0.1, 0.15) is 0 Å². The van der Waals surface area contributed by atoms with Gasteiger partial charge in [-0.1, -0.05) is 35.3 Å². The van der Waals surface area contributed by atoms with Gasteiger partial charge in [-0.25, -0.2) is 0 Å². The van der Waals surface area contributed by atoms with Gasteiger partial charge in [0.25, 0.3) is 0 Å². The Balaban J connectivity index is 1.83. The maximum absolute atomic E-state index is 12.0. The Labute approximate surface area is 145 Å². The van der Waals surface area contributed by atoms with E-state index in [0.29, 0.717) is 21.6 Å². The molecule has 0 saturated heterocycles. The predicted octanol–water partition coefficient (Wildman–Crippen LogP) is 5.48. The van der Waals surface area contributed by atoms with Crippen molar-refractivity contribution >= 4 is 46.6 Å². The number of carbonyl (C=O) groups excluding carboxylic acids is 1. The fraction of sp³-hybridized carbons (Fsp3) is 0.235. The van der Waals surface area contributed by atoms with Crippen LogP contribution in [0.4, 0.5) is 5.69 Å². The standard InChI is InChI=1S/C17H17Cl2NOS/c1-11-3-6-15(7-12(11)2)20-17(21)10-22-9-13-4-5-14(18)8-16(13)19/h3-8H,9-10H2,1-2H3,(H,20,21). The molecule has 0 aliphatic carbocycles. The van der Waals surface area contributed by atoms with Crippen LogP contribution in [0, 0.1) is 13.8 Å². The molecule has 2 nitrogen and oxygen atoms in total. The second-order valence-corrected chi connectivity index (χ2v) is 6.90. The summed E-state index contributed by atoms with van der Waals surface area (Å²) in [6.07, 6.45) is 0. The van der Waals surface area contributed by atoms with Crippen molar-refractivity contribution in [2.75, 3.05) is 11.1 Å². The van der Waals surface area contributed by atoms with Crippen LogP contribution in [0.5, 0.6) is 0 Å². The number of aryl methyl sites for hydroxylation is 2. The van der Waals surface area contributed by atoms with E-state index in [1.807, 2.05) is 38.1 Å². The minimum atomic E-state index is -0.0154. The molecule has 0 aliphatic rings. The summed E-state index contributed by atoms with van der Waals surface area (Å²) in [4.78, 5) is 12.0. The number of amides is 1. The first kappa shape index (κ1) is 17.2. The van der Waals surface area contributed by atoms with E-state index in [1.54, 1.807) is 12.1 Å².